The molecule has 3 rings (SSSR count). The van der Waals surface area contributed by atoms with Gasteiger partial charge in [-0.2, -0.15) is 0 Å². The number of rotatable bonds is 1. The Hall–Kier alpha value is -1.09. The lowest BCUT2D eigenvalue weighted by Crippen LogP contribution is -2.52. The molecule has 0 unspecified atom stereocenters. The van der Waals surface area contributed by atoms with Crippen LogP contribution in [0, 0.1) is 11.7 Å². The molecule has 3 atom stereocenters. The third-order valence-electron chi connectivity index (χ3n) is 5.41. The van der Waals surface area contributed by atoms with Gasteiger partial charge in [-0.05, 0) is 48.8 Å². The molecular weight excluding hydrogens is 241 g/mol. The zero-order chi connectivity index (χ0) is 13.6. The normalized spacial score (nSPS) is 33.6. The molecule has 0 aliphatic heterocycles. The van der Waals surface area contributed by atoms with Gasteiger partial charge in [-0.15, -0.1) is 0 Å². The lowest BCUT2D eigenvalue weighted by molar-refractivity contribution is 0.224. The van der Waals surface area contributed by atoms with Crippen LogP contribution in [0.4, 0.5) is 4.39 Å². The van der Waals surface area contributed by atoms with Gasteiger partial charge in [-0.1, -0.05) is 19.8 Å². The summed E-state index contributed by atoms with van der Waals surface area (Å²) in [5.74, 6) is 0.152. The van der Waals surface area contributed by atoms with E-state index >= 15 is 0 Å². The van der Waals surface area contributed by atoms with E-state index < -0.39 is 0 Å². The largest absolute Gasteiger partial charge is 0.508 e. The summed E-state index contributed by atoms with van der Waals surface area (Å²) in [6, 6.07) is 3.09. The second kappa shape index (κ2) is 4.48. The molecule has 19 heavy (non-hydrogen) atoms. The van der Waals surface area contributed by atoms with Gasteiger partial charge in [0.05, 0.1) is 0 Å². The number of phenols is 1. The molecule has 2 nitrogen and oxygen atoms in total. The summed E-state index contributed by atoms with van der Waals surface area (Å²) in [5.41, 5.74) is 8.17. The standard InChI is InChI=1S/C16H22FNO/c1-2-16-6-4-3-5-10(15(16)18)7-12-13(16)8-11(19)9-14(12)17/h8-10,15,19H,2-7,18H2,1H3/t10-,15-,16+/m1/s1. The van der Waals surface area contributed by atoms with Crippen LogP contribution in [-0.2, 0) is 11.8 Å². The van der Waals surface area contributed by atoms with Gasteiger partial charge in [0.15, 0.2) is 0 Å². The summed E-state index contributed by atoms with van der Waals surface area (Å²) in [4.78, 5) is 0. The van der Waals surface area contributed by atoms with Crippen molar-refractivity contribution in [2.24, 2.45) is 11.7 Å². The van der Waals surface area contributed by atoms with Crippen LogP contribution in [0.3, 0.4) is 0 Å². The second-order valence-electron chi connectivity index (χ2n) is 6.20. The molecule has 104 valence electrons. The van der Waals surface area contributed by atoms with E-state index in [1.807, 2.05) is 0 Å². The van der Waals surface area contributed by atoms with E-state index in [1.165, 1.54) is 12.5 Å². The zero-order valence-corrected chi connectivity index (χ0v) is 11.5. The lowest BCUT2D eigenvalue weighted by atomic mass is 9.60. The van der Waals surface area contributed by atoms with Crippen molar-refractivity contribution in [3.8, 4) is 5.75 Å². The SMILES string of the molecule is CC[C@]12CCCC[C@H](Cc3c(F)cc(O)cc31)[C@H]2N. The van der Waals surface area contributed by atoms with Gasteiger partial charge in [0, 0.05) is 17.5 Å². The van der Waals surface area contributed by atoms with Crippen molar-refractivity contribution < 1.29 is 9.50 Å². The molecule has 0 amide bonds. The number of aromatic hydroxyl groups is 1. The minimum absolute atomic E-state index is 0.0268. The molecule has 0 radical (unpaired) electrons. The molecule has 2 aliphatic rings. The highest BCUT2D eigenvalue weighted by atomic mass is 19.1. The molecule has 1 aromatic carbocycles. The smallest absolute Gasteiger partial charge is 0.130 e. The van der Waals surface area contributed by atoms with Gasteiger partial charge < -0.3 is 10.8 Å². The maximum atomic E-state index is 14.2. The van der Waals surface area contributed by atoms with E-state index in [9.17, 15) is 9.50 Å². The van der Waals surface area contributed by atoms with Crippen LogP contribution in [0.15, 0.2) is 12.1 Å². The van der Waals surface area contributed by atoms with E-state index in [4.69, 9.17) is 5.73 Å². The van der Waals surface area contributed by atoms with E-state index in [-0.39, 0.29) is 23.0 Å². The molecule has 1 aromatic rings. The van der Waals surface area contributed by atoms with E-state index in [0.29, 0.717) is 5.92 Å². The number of hydrogen-bond acceptors (Lipinski definition) is 2. The van der Waals surface area contributed by atoms with Crippen molar-refractivity contribution >= 4 is 0 Å². The Kier molecular flexibility index (Phi) is 3.05. The molecule has 0 heterocycles. The van der Waals surface area contributed by atoms with Crippen molar-refractivity contribution in [1.82, 2.24) is 0 Å². The summed E-state index contributed by atoms with van der Waals surface area (Å²) >= 11 is 0. The van der Waals surface area contributed by atoms with E-state index in [1.54, 1.807) is 6.07 Å². The highest BCUT2D eigenvalue weighted by molar-refractivity contribution is 5.45. The molecular formula is C16H22FNO. The van der Waals surface area contributed by atoms with Crippen LogP contribution in [0.5, 0.6) is 5.75 Å². The lowest BCUT2D eigenvalue weighted by Gasteiger charge is -2.46. The van der Waals surface area contributed by atoms with Crippen LogP contribution in [0.1, 0.15) is 50.2 Å². The highest BCUT2D eigenvalue weighted by Gasteiger charge is 2.47. The second-order valence-corrected chi connectivity index (χ2v) is 6.20. The Morgan fingerprint density at radius 2 is 2.21 bits per heavy atom. The first-order chi connectivity index (χ1) is 9.08. The van der Waals surface area contributed by atoms with E-state index in [2.05, 4.69) is 6.92 Å². The van der Waals surface area contributed by atoms with Crippen molar-refractivity contribution in [3.05, 3.63) is 29.1 Å². The molecule has 1 saturated carbocycles. The first kappa shape index (κ1) is 12.9. The quantitative estimate of drug-likeness (QED) is 0.817. The average molecular weight is 263 g/mol. The Labute approximate surface area is 113 Å². The van der Waals surface area contributed by atoms with Crippen molar-refractivity contribution in [3.63, 3.8) is 0 Å². The van der Waals surface area contributed by atoms with Crippen LogP contribution in [0.2, 0.25) is 0 Å². The summed E-state index contributed by atoms with van der Waals surface area (Å²) in [6.45, 7) is 2.14. The molecule has 2 bridgehead atoms. The fraction of sp³-hybridized carbons (Fsp3) is 0.625. The van der Waals surface area contributed by atoms with Crippen molar-refractivity contribution in [1.29, 1.82) is 0 Å². The molecule has 3 heteroatoms. The maximum Gasteiger partial charge on any atom is 0.130 e. The fourth-order valence-electron chi connectivity index (χ4n) is 4.33. The summed E-state index contributed by atoms with van der Waals surface area (Å²) in [7, 11) is 0. The van der Waals surface area contributed by atoms with Gasteiger partial charge in [-0.25, -0.2) is 4.39 Å². The van der Waals surface area contributed by atoms with Crippen LogP contribution in [0.25, 0.3) is 0 Å². The van der Waals surface area contributed by atoms with Gasteiger partial charge in [-0.3, -0.25) is 0 Å². The van der Waals surface area contributed by atoms with Crippen molar-refractivity contribution in [2.45, 2.75) is 56.9 Å². The monoisotopic (exact) mass is 263 g/mol. The minimum atomic E-state index is -0.258. The third kappa shape index (κ3) is 1.78. The number of fused-ring (bicyclic) bond motifs is 4. The van der Waals surface area contributed by atoms with Gasteiger partial charge in [0.25, 0.3) is 0 Å². The predicted octanol–water partition coefficient (Wildman–Crippen LogP) is 3.25. The third-order valence-corrected chi connectivity index (χ3v) is 5.41. The van der Waals surface area contributed by atoms with Gasteiger partial charge in [0.1, 0.15) is 11.6 Å². The predicted molar refractivity (Wildman–Crippen MR) is 73.7 cm³/mol. The maximum absolute atomic E-state index is 14.2. The number of benzene rings is 1. The minimum Gasteiger partial charge on any atom is -0.508 e. The van der Waals surface area contributed by atoms with Crippen LogP contribution < -0.4 is 5.73 Å². The summed E-state index contributed by atoms with van der Waals surface area (Å²) < 4.78 is 14.2. The number of halogens is 1. The Morgan fingerprint density at radius 3 is 2.95 bits per heavy atom. The van der Waals surface area contributed by atoms with Crippen molar-refractivity contribution in [2.75, 3.05) is 0 Å². The highest BCUT2D eigenvalue weighted by Crippen LogP contribution is 2.49. The van der Waals surface area contributed by atoms with Crippen LogP contribution in [-0.4, -0.2) is 11.1 Å². The van der Waals surface area contributed by atoms with E-state index in [0.717, 1.165) is 43.2 Å². The average Bonchev–Trinajstić information content (AvgIpc) is 2.48. The number of nitrogens with two attached hydrogens (primary N) is 1. The Balaban J connectivity index is 2.23. The first-order valence-corrected chi connectivity index (χ1v) is 7.36. The molecule has 0 saturated heterocycles. The number of phenolic OH excluding ortho intramolecular Hbond substituents is 1. The Bertz CT molecular complexity index is 502. The topological polar surface area (TPSA) is 46.2 Å². The zero-order valence-electron chi connectivity index (χ0n) is 11.5. The summed E-state index contributed by atoms with van der Waals surface area (Å²) in [5, 5.41) is 9.75. The Morgan fingerprint density at radius 1 is 1.42 bits per heavy atom. The molecule has 0 spiro atoms. The molecule has 1 fully saturated rings. The fourth-order valence-corrected chi connectivity index (χ4v) is 4.33. The molecule has 3 N–H and O–H groups in total. The van der Waals surface area contributed by atoms with Crippen LogP contribution >= 0.6 is 0 Å². The molecule has 0 aromatic heterocycles. The van der Waals surface area contributed by atoms with Gasteiger partial charge >= 0.3 is 0 Å². The number of hydrogen-bond donors (Lipinski definition) is 2. The molecule has 2 aliphatic carbocycles. The first-order valence-electron chi connectivity index (χ1n) is 7.36. The van der Waals surface area contributed by atoms with Gasteiger partial charge in [0.2, 0.25) is 0 Å². The summed E-state index contributed by atoms with van der Waals surface area (Å²) in [6.07, 6.45) is 6.08.